The molecule has 30 heavy (non-hydrogen) atoms. The minimum Gasteiger partial charge on any atom is -0.484 e. The van der Waals surface area contributed by atoms with Crippen molar-refractivity contribution >= 4 is 23.4 Å². The van der Waals surface area contributed by atoms with Gasteiger partial charge < -0.3 is 19.9 Å². The zero-order chi connectivity index (χ0) is 21.5. The van der Waals surface area contributed by atoms with Crippen molar-refractivity contribution in [1.29, 1.82) is 0 Å². The minimum absolute atomic E-state index is 0.0314. The molecule has 7 heteroatoms. The average Bonchev–Trinajstić information content (AvgIpc) is 2.77. The number of likely N-dealkylation sites (tertiary alicyclic amines) is 2. The van der Waals surface area contributed by atoms with Gasteiger partial charge in [-0.15, -0.1) is 0 Å². The van der Waals surface area contributed by atoms with Crippen LogP contribution in [0.3, 0.4) is 0 Å². The smallest absolute Gasteiger partial charge is 0.260 e. The van der Waals surface area contributed by atoms with E-state index in [9.17, 15) is 9.59 Å². The Morgan fingerprint density at radius 3 is 2.30 bits per heavy atom. The van der Waals surface area contributed by atoms with E-state index < -0.39 is 0 Å². The quantitative estimate of drug-likeness (QED) is 0.714. The standard InChI is InChI=1S/C23H34ClN3O3/c1-17(2)15-25-23(29)18-7-11-26(12-8-18)20-9-13-27(14-10-20)22(28)16-30-21-5-3-19(24)4-6-21/h3-6,17-18,20H,7-16H2,1-2H3,(H,25,29). The molecule has 2 heterocycles. The molecule has 0 saturated carbocycles. The second-order valence-electron chi connectivity index (χ2n) is 8.80. The van der Waals surface area contributed by atoms with Gasteiger partial charge in [-0.3, -0.25) is 9.59 Å². The summed E-state index contributed by atoms with van der Waals surface area (Å²) in [4.78, 5) is 29.2. The Hall–Kier alpha value is -1.79. The summed E-state index contributed by atoms with van der Waals surface area (Å²) in [5.41, 5.74) is 0. The van der Waals surface area contributed by atoms with Gasteiger partial charge >= 0.3 is 0 Å². The summed E-state index contributed by atoms with van der Waals surface area (Å²) in [6, 6.07) is 7.56. The number of benzene rings is 1. The van der Waals surface area contributed by atoms with E-state index in [0.717, 1.165) is 58.4 Å². The molecule has 1 aromatic carbocycles. The van der Waals surface area contributed by atoms with E-state index >= 15 is 0 Å². The van der Waals surface area contributed by atoms with Gasteiger partial charge in [0.05, 0.1) is 0 Å². The summed E-state index contributed by atoms with van der Waals surface area (Å²) in [6.07, 6.45) is 3.82. The largest absolute Gasteiger partial charge is 0.484 e. The van der Waals surface area contributed by atoms with Crippen LogP contribution in [0.4, 0.5) is 0 Å². The maximum absolute atomic E-state index is 12.5. The Morgan fingerprint density at radius 2 is 1.70 bits per heavy atom. The lowest BCUT2D eigenvalue weighted by Crippen LogP contribution is -2.50. The van der Waals surface area contributed by atoms with Crippen LogP contribution in [0.15, 0.2) is 24.3 Å². The molecule has 2 fully saturated rings. The van der Waals surface area contributed by atoms with Crippen molar-refractivity contribution in [2.75, 3.05) is 39.3 Å². The number of piperidine rings is 2. The first-order chi connectivity index (χ1) is 14.4. The normalized spacial score (nSPS) is 19.1. The summed E-state index contributed by atoms with van der Waals surface area (Å²) in [5.74, 6) is 1.53. The third kappa shape index (κ3) is 6.61. The molecule has 0 spiro atoms. The molecule has 1 aromatic rings. The average molecular weight is 436 g/mol. The molecule has 0 aliphatic carbocycles. The van der Waals surface area contributed by atoms with Crippen molar-refractivity contribution in [2.24, 2.45) is 11.8 Å². The molecule has 0 radical (unpaired) electrons. The predicted octanol–water partition coefficient (Wildman–Crippen LogP) is 3.19. The predicted molar refractivity (Wildman–Crippen MR) is 119 cm³/mol. The maximum Gasteiger partial charge on any atom is 0.260 e. The molecule has 0 unspecified atom stereocenters. The van der Waals surface area contributed by atoms with Crippen LogP contribution in [-0.4, -0.2) is 67.0 Å². The molecule has 1 N–H and O–H groups in total. The summed E-state index contributed by atoms with van der Waals surface area (Å²) < 4.78 is 5.59. The number of amides is 2. The highest BCUT2D eigenvalue weighted by Crippen LogP contribution is 2.24. The monoisotopic (exact) mass is 435 g/mol. The SMILES string of the molecule is CC(C)CNC(=O)C1CCN(C2CCN(C(=O)COc3ccc(Cl)cc3)CC2)CC1. The third-order valence-electron chi connectivity index (χ3n) is 6.09. The zero-order valence-electron chi connectivity index (χ0n) is 18.1. The van der Waals surface area contributed by atoms with Gasteiger partial charge in [0, 0.05) is 36.6 Å². The highest BCUT2D eigenvalue weighted by atomic mass is 35.5. The number of halogens is 1. The molecular formula is C23H34ClN3O3. The summed E-state index contributed by atoms with van der Waals surface area (Å²) >= 11 is 5.87. The molecule has 0 atom stereocenters. The fourth-order valence-electron chi connectivity index (χ4n) is 4.22. The van der Waals surface area contributed by atoms with Crippen LogP contribution in [0.25, 0.3) is 0 Å². The van der Waals surface area contributed by atoms with Crippen molar-refractivity contribution in [1.82, 2.24) is 15.1 Å². The molecule has 2 aliphatic rings. The summed E-state index contributed by atoms with van der Waals surface area (Å²) in [7, 11) is 0. The number of hydrogen-bond acceptors (Lipinski definition) is 4. The first-order valence-corrected chi connectivity index (χ1v) is 11.5. The molecule has 0 bridgehead atoms. The van der Waals surface area contributed by atoms with E-state index in [0.29, 0.717) is 22.7 Å². The fourth-order valence-corrected chi connectivity index (χ4v) is 4.35. The first kappa shape index (κ1) is 22.9. The van der Waals surface area contributed by atoms with Crippen LogP contribution in [0.1, 0.15) is 39.5 Å². The molecule has 6 nitrogen and oxygen atoms in total. The van der Waals surface area contributed by atoms with Gasteiger partial charge in [-0.1, -0.05) is 25.4 Å². The van der Waals surface area contributed by atoms with Crippen LogP contribution in [0, 0.1) is 11.8 Å². The molecule has 2 aliphatic heterocycles. The lowest BCUT2D eigenvalue weighted by atomic mass is 9.92. The first-order valence-electron chi connectivity index (χ1n) is 11.1. The van der Waals surface area contributed by atoms with E-state index in [-0.39, 0.29) is 24.3 Å². The Kier molecular flexibility index (Phi) is 8.40. The van der Waals surface area contributed by atoms with E-state index in [1.165, 1.54) is 0 Å². The van der Waals surface area contributed by atoms with Gasteiger partial charge in [0.2, 0.25) is 5.91 Å². The van der Waals surface area contributed by atoms with Gasteiger partial charge in [-0.05, 0) is 69.0 Å². The molecule has 0 aromatic heterocycles. The van der Waals surface area contributed by atoms with Crippen LogP contribution in [-0.2, 0) is 9.59 Å². The van der Waals surface area contributed by atoms with E-state index in [4.69, 9.17) is 16.3 Å². The van der Waals surface area contributed by atoms with E-state index in [1.54, 1.807) is 24.3 Å². The maximum atomic E-state index is 12.5. The Balaban J connectivity index is 1.36. The van der Waals surface area contributed by atoms with Crippen molar-refractivity contribution in [3.05, 3.63) is 29.3 Å². The number of nitrogens with one attached hydrogen (secondary N) is 1. The fraction of sp³-hybridized carbons (Fsp3) is 0.652. The summed E-state index contributed by atoms with van der Waals surface area (Å²) in [5, 5.41) is 3.72. The van der Waals surface area contributed by atoms with Gasteiger partial charge in [-0.25, -0.2) is 0 Å². The van der Waals surface area contributed by atoms with Crippen molar-refractivity contribution in [3.8, 4) is 5.75 Å². The Morgan fingerprint density at radius 1 is 1.07 bits per heavy atom. The minimum atomic E-state index is 0.0314. The highest BCUT2D eigenvalue weighted by molar-refractivity contribution is 6.30. The van der Waals surface area contributed by atoms with Crippen molar-refractivity contribution in [3.63, 3.8) is 0 Å². The number of nitrogens with zero attached hydrogens (tertiary/aromatic N) is 2. The van der Waals surface area contributed by atoms with E-state index in [1.807, 2.05) is 4.90 Å². The number of carbonyl (C=O) groups is 2. The zero-order valence-corrected chi connectivity index (χ0v) is 18.9. The van der Waals surface area contributed by atoms with Crippen molar-refractivity contribution < 1.29 is 14.3 Å². The Labute approximate surface area is 184 Å². The number of ether oxygens (including phenoxy) is 1. The Bertz CT molecular complexity index is 694. The van der Waals surface area contributed by atoms with Gasteiger partial charge in [-0.2, -0.15) is 0 Å². The van der Waals surface area contributed by atoms with Crippen LogP contribution in [0.5, 0.6) is 5.75 Å². The number of rotatable bonds is 7. The lowest BCUT2D eigenvalue weighted by molar-refractivity contribution is -0.135. The molecule has 2 saturated heterocycles. The molecule has 2 amide bonds. The second-order valence-corrected chi connectivity index (χ2v) is 9.24. The second kappa shape index (κ2) is 11.0. The van der Waals surface area contributed by atoms with Crippen LogP contribution < -0.4 is 10.1 Å². The third-order valence-corrected chi connectivity index (χ3v) is 6.35. The van der Waals surface area contributed by atoms with Crippen LogP contribution in [0.2, 0.25) is 5.02 Å². The van der Waals surface area contributed by atoms with Gasteiger partial charge in [0.15, 0.2) is 6.61 Å². The van der Waals surface area contributed by atoms with Crippen LogP contribution >= 0.6 is 11.6 Å². The van der Waals surface area contributed by atoms with Gasteiger partial charge in [0.25, 0.3) is 5.91 Å². The number of carbonyl (C=O) groups excluding carboxylic acids is 2. The topological polar surface area (TPSA) is 61.9 Å². The lowest BCUT2D eigenvalue weighted by Gasteiger charge is -2.41. The van der Waals surface area contributed by atoms with E-state index in [2.05, 4.69) is 24.1 Å². The van der Waals surface area contributed by atoms with Gasteiger partial charge in [0.1, 0.15) is 5.75 Å². The number of hydrogen-bond donors (Lipinski definition) is 1. The molecule has 166 valence electrons. The summed E-state index contributed by atoms with van der Waals surface area (Å²) in [6.45, 7) is 8.52. The highest BCUT2D eigenvalue weighted by Gasteiger charge is 2.31. The van der Waals surface area contributed by atoms with Crippen molar-refractivity contribution in [2.45, 2.75) is 45.6 Å². The molecular weight excluding hydrogens is 402 g/mol. The molecule has 3 rings (SSSR count).